The Kier molecular flexibility index (Phi) is 2.83. The van der Waals surface area contributed by atoms with E-state index in [-0.39, 0.29) is 10.5 Å². The van der Waals surface area contributed by atoms with Gasteiger partial charge in [0.15, 0.2) is 0 Å². The number of hydrogen-bond acceptors (Lipinski definition) is 3. The number of nitrogens with two attached hydrogens (primary N) is 1. The summed E-state index contributed by atoms with van der Waals surface area (Å²) < 4.78 is 22.2. The number of sulfonamides is 1. The van der Waals surface area contributed by atoms with Gasteiger partial charge in [0, 0.05) is 0 Å². The third-order valence-electron chi connectivity index (χ3n) is 2.06. The quantitative estimate of drug-likeness (QED) is 0.777. The molecule has 3 N–H and O–H groups in total. The van der Waals surface area contributed by atoms with E-state index in [0.717, 1.165) is 6.07 Å². The van der Waals surface area contributed by atoms with Gasteiger partial charge in [-0.25, -0.2) is 18.4 Å². The Labute approximate surface area is 87.6 Å². The van der Waals surface area contributed by atoms with Gasteiger partial charge in [0.1, 0.15) is 0 Å². The summed E-state index contributed by atoms with van der Waals surface area (Å²) in [4.78, 5) is 10.6. The van der Waals surface area contributed by atoms with Crippen LogP contribution >= 0.6 is 0 Å². The van der Waals surface area contributed by atoms with Gasteiger partial charge in [0.05, 0.1) is 10.5 Å². The van der Waals surface area contributed by atoms with E-state index < -0.39 is 16.0 Å². The highest BCUT2D eigenvalue weighted by Crippen LogP contribution is 2.19. The van der Waals surface area contributed by atoms with Gasteiger partial charge in [-0.05, 0) is 31.0 Å². The standard InChI is InChI=1S/C9H11NO4S/c1-5-3-6(2)8(15(10,13)14)4-7(5)9(11)12/h3-4H,1-2H3,(H,11,12)(H2,10,13,14). The number of rotatable bonds is 2. The highest BCUT2D eigenvalue weighted by atomic mass is 32.2. The monoisotopic (exact) mass is 229 g/mol. The van der Waals surface area contributed by atoms with Gasteiger partial charge in [0.25, 0.3) is 0 Å². The molecule has 0 unspecified atom stereocenters. The van der Waals surface area contributed by atoms with Crippen molar-refractivity contribution in [2.45, 2.75) is 18.7 Å². The molecule has 1 aromatic rings. The zero-order chi connectivity index (χ0) is 11.8. The molecule has 0 aliphatic heterocycles. The predicted octanol–water partition coefficient (Wildman–Crippen LogP) is 0.649. The van der Waals surface area contributed by atoms with Crippen molar-refractivity contribution in [3.8, 4) is 0 Å². The minimum absolute atomic E-state index is 0.0513. The van der Waals surface area contributed by atoms with Crippen LogP contribution in [0.1, 0.15) is 21.5 Å². The molecule has 1 rings (SSSR count). The summed E-state index contributed by atoms with van der Waals surface area (Å²) in [5.41, 5.74) is 0.900. The number of primary sulfonamides is 1. The van der Waals surface area contributed by atoms with Crippen molar-refractivity contribution in [1.82, 2.24) is 0 Å². The topological polar surface area (TPSA) is 97.5 Å². The molecule has 82 valence electrons. The van der Waals surface area contributed by atoms with Gasteiger partial charge in [-0.1, -0.05) is 6.07 Å². The van der Waals surface area contributed by atoms with E-state index in [9.17, 15) is 13.2 Å². The maximum Gasteiger partial charge on any atom is 0.335 e. The van der Waals surface area contributed by atoms with Crippen LogP contribution in [0.2, 0.25) is 0 Å². The second kappa shape index (κ2) is 3.63. The SMILES string of the molecule is Cc1cc(C)c(S(N)(=O)=O)cc1C(=O)O. The highest BCUT2D eigenvalue weighted by Gasteiger charge is 2.16. The van der Waals surface area contributed by atoms with E-state index in [2.05, 4.69) is 0 Å². The average Bonchev–Trinajstić information content (AvgIpc) is 2.00. The maximum atomic E-state index is 11.1. The number of carboxylic acids is 1. The Bertz CT molecular complexity index is 519. The molecule has 0 aromatic heterocycles. The number of aromatic carboxylic acids is 1. The fraction of sp³-hybridized carbons (Fsp3) is 0.222. The number of benzene rings is 1. The molecule has 0 aliphatic carbocycles. The van der Waals surface area contributed by atoms with Crippen LogP contribution in [0.3, 0.4) is 0 Å². The van der Waals surface area contributed by atoms with Gasteiger partial charge < -0.3 is 5.11 Å². The van der Waals surface area contributed by atoms with E-state index in [1.54, 1.807) is 13.8 Å². The lowest BCUT2D eigenvalue weighted by atomic mass is 10.1. The van der Waals surface area contributed by atoms with Crippen LogP contribution < -0.4 is 5.14 Å². The van der Waals surface area contributed by atoms with Gasteiger partial charge >= 0.3 is 5.97 Å². The largest absolute Gasteiger partial charge is 0.478 e. The molecule has 15 heavy (non-hydrogen) atoms. The van der Waals surface area contributed by atoms with Crippen molar-refractivity contribution in [1.29, 1.82) is 0 Å². The number of hydrogen-bond donors (Lipinski definition) is 2. The zero-order valence-electron chi connectivity index (χ0n) is 8.31. The summed E-state index contributed by atoms with van der Waals surface area (Å²) in [6.07, 6.45) is 0. The van der Waals surface area contributed by atoms with E-state index in [1.807, 2.05) is 0 Å². The molecule has 0 fully saturated rings. The third-order valence-corrected chi connectivity index (χ3v) is 3.11. The second-order valence-electron chi connectivity index (χ2n) is 3.28. The molecule has 0 atom stereocenters. The van der Waals surface area contributed by atoms with Crippen LogP contribution in [0.25, 0.3) is 0 Å². The molecular formula is C9H11NO4S. The van der Waals surface area contributed by atoms with E-state index in [1.165, 1.54) is 6.07 Å². The Morgan fingerprint density at radius 1 is 1.27 bits per heavy atom. The Morgan fingerprint density at radius 3 is 2.20 bits per heavy atom. The molecule has 0 saturated carbocycles. The molecule has 0 heterocycles. The van der Waals surface area contributed by atoms with Crippen molar-refractivity contribution < 1.29 is 18.3 Å². The summed E-state index contributed by atoms with van der Waals surface area (Å²) in [7, 11) is -3.87. The predicted molar refractivity (Wildman–Crippen MR) is 54.2 cm³/mol. The van der Waals surface area contributed by atoms with E-state index >= 15 is 0 Å². The first-order valence-corrected chi connectivity index (χ1v) is 5.65. The normalized spacial score (nSPS) is 11.4. The van der Waals surface area contributed by atoms with E-state index in [4.69, 9.17) is 10.2 Å². The molecule has 5 nitrogen and oxygen atoms in total. The summed E-state index contributed by atoms with van der Waals surface area (Å²) in [5, 5.41) is 13.8. The molecule has 0 amide bonds. The van der Waals surface area contributed by atoms with Crippen molar-refractivity contribution in [3.63, 3.8) is 0 Å². The van der Waals surface area contributed by atoms with Gasteiger partial charge in [-0.15, -0.1) is 0 Å². The van der Waals surface area contributed by atoms with Crippen molar-refractivity contribution in [2.75, 3.05) is 0 Å². The first-order valence-electron chi connectivity index (χ1n) is 4.11. The fourth-order valence-electron chi connectivity index (χ4n) is 1.37. The molecule has 0 aliphatic rings. The second-order valence-corrected chi connectivity index (χ2v) is 4.81. The minimum atomic E-state index is -3.87. The van der Waals surface area contributed by atoms with E-state index in [0.29, 0.717) is 11.1 Å². The molecule has 0 radical (unpaired) electrons. The Balaban J connectivity index is 3.58. The van der Waals surface area contributed by atoms with Crippen LogP contribution in [0.5, 0.6) is 0 Å². The Hall–Kier alpha value is -1.40. The summed E-state index contributed by atoms with van der Waals surface area (Å²) in [6, 6.07) is 2.57. The Morgan fingerprint density at radius 2 is 1.80 bits per heavy atom. The lowest BCUT2D eigenvalue weighted by molar-refractivity contribution is 0.0696. The first kappa shape index (κ1) is 11.7. The third kappa shape index (κ3) is 2.34. The maximum absolute atomic E-state index is 11.1. The average molecular weight is 229 g/mol. The molecule has 6 heteroatoms. The van der Waals surface area contributed by atoms with Gasteiger partial charge in [0.2, 0.25) is 10.0 Å². The molecular weight excluding hydrogens is 218 g/mol. The van der Waals surface area contributed by atoms with Gasteiger partial charge in [-0.2, -0.15) is 0 Å². The molecule has 0 spiro atoms. The molecule has 0 saturated heterocycles. The minimum Gasteiger partial charge on any atom is -0.478 e. The highest BCUT2D eigenvalue weighted by molar-refractivity contribution is 7.89. The lowest BCUT2D eigenvalue weighted by Gasteiger charge is -2.07. The van der Waals surface area contributed by atoms with Gasteiger partial charge in [-0.3, -0.25) is 0 Å². The van der Waals surface area contributed by atoms with Crippen LogP contribution in [0, 0.1) is 13.8 Å². The summed E-state index contributed by atoms with van der Waals surface area (Å²) in [5.74, 6) is -1.17. The smallest absolute Gasteiger partial charge is 0.335 e. The van der Waals surface area contributed by atoms with Crippen LogP contribution in [0.4, 0.5) is 0 Å². The van der Waals surface area contributed by atoms with Crippen LogP contribution in [-0.2, 0) is 10.0 Å². The summed E-state index contributed by atoms with van der Waals surface area (Å²) >= 11 is 0. The van der Waals surface area contributed by atoms with Crippen LogP contribution in [0.15, 0.2) is 17.0 Å². The van der Waals surface area contributed by atoms with Crippen molar-refractivity contribution in [3.05, 3.63) is 28.8 Å². The zero-order valence-corrected chi connectivity index (χ0v) is 9.13. The first-order chi connectivity index (χ1) is 6.73. The number of aryl methyl sites for hydroxylation is 2. The van der Waals surface area contributed by atoms with Crippen molar-refractivity contribution >= 4 is 16.0 Å². The van der Waals surface area contributed by atoms with Crippen molar-refractivity contribution in [2.24, 2.45) is 5.14 Å². The fourth-order valence-corrected chi connectivity index (χ4v) is 2.16. The lowest BCUT2D eigenvalue weighted by Crippen LogP contribution is -2.15. The number of carbonyl (C=O) groups is 1. The molecule has 0 bridgehead atoms. The van der Waals surface area contributed by atoms with Crippen LogP contribution in [-0.4, -0.2) is 19.5 Å². The molecule has 1 aromatic carbocycles. The summed E-state index contributed by atoms with van der Waals surface area (Å²) in [6.45, 7) is 3.17. The number of carboxylic acid groups (broad SMARTS) is 1.